The predicted molar refractivity (Wildman–Crippen MR) is 476 cm³/mol. The molecule has 0 radical (unpaired) electrons. The summed E-state index contributed by atoms with van der Waals surface area (Å²) in [6.45, 7) is 36.5. The van der Waals surface area contributed by atoms with Crippen LogP contribution >= 0.6 is 11.6 Å². The van der Waals surface area contributed by atoms with E-state index in [4.69, 9.17) is 59.8 Å². The van der Waals surface area contributed by atoms with Gasteiger partial charge in [-0.25, -0.2) is 19.3 Å². The van der Waals surface area contributed by atoms with Crippen LogP contribution in [0.25, 0.3) is 33.4 Å². The second kappa shape index (κ2) is 39.6. The van der Waals surface area contributed by atoms with E-state index in [0.29, 0.717) is 114 Å². The number of aliphatic carboxylic acids is 2. The highest BCUT2D eigenvalue weighted by molar-refractivity contribution is 6.35. The van der Waals surface area contributed by atoms with Crippen molar-refractivity contribution in [2.24, 2.45) is 69.0 Å². The number of rotatable bonds is 34. The maximum atomic E-state index is 14.9. The van der Waals surface area contributed by atoms with Gasteiger partial charge in [-0.3, -0.25) is 48.2 Å². The number of aromatic nitrogens is 6. The highest BCUT2D eigenvalue weighted by Crippen LogP contribution is 2.59. The topological polar surface area (TPSA) is 360 Å². The maximum Gasteiger partial charge on any atom is 0.310 e. The van der Waals surface area contributed by atoms with Gasteiger partial charge in [0.1, 0.15) is 60.4 Å². The Balaban J connectivity index is 0.000000178. The number of nitrogens with zero attached hydrogens (tertiary/aromatic N) is 10. The van der Waals surface area contributed by atoms with Gasteiger partial charge in [-0.15, -0.1) is 23.4 Å². The Labute approximate surface area is 743 Å². The summed E-state index contributed by atoms with van der Waals surface area (Å²) < 4.78 is 44.8. The summed E-state index contributed by atoms with van der Waals surface area (Å²) in [6.07, 6.45) is 11.3. The van der Waals surface area contributed by atoms with E-state index in [0.717, 1.165) is 101 Å². The fourth-order valence-corrected chi connectivity index (χ4v) is 19.4. The number of carboxylic acids is 2. The smallest absolute Gasteiger partial charge is 0.310 e. The number of morpholine rings is 2. The minimum absolute atomic E-state index is 0. The van der Waals surface area contributed by atoms with Crippen LogP contribution in [0.4, 0.5) is 11.6 Å². The van der Waals surface area contributed by atoms with E-state index >= 15 is 0 Å². The number of halogens is 1. The number of allylic oxidation sites excluding steroid dienone is 2. The zero-order valence-corrected chi connectivity index (χ0v) is 74.6. The molecule has 31 heteroatoms. The van der Waals surface area contributed by atoms with Gasteiger partial charge in [0.2, 0.25) is 11.8 Å². The van der Waals surface area contributed by atoms with E-state index in [2.05, 4.69) is 52.5 Å². The Morgan fingerprint density at radius 2 is 0.984 bits per heavy atom. The molecule has 684 valence electrons. The lowest BCUT2D eigenvalue weighted by Crippen LogP contribution is -2.48. The molecule has 10 fully saturated rings. The number of carboxylic acid groups (broad SMARTS) is 2. The molecule has 6 saturated carbocycles. The standard InChI is InChI=1S/C47H62N6O9.C26H37NO7.C21H26ClN5O2.CH4/c1-7-31-25-47(31,45(57)58)26-39(54)38-22-34(27-52(38)44(56)36(46(4,5)6)23-43(55)62-33-19-29-18-30(29)20-33)61-40-24-42(53-11-10-41(50-53)48-28(2)3)49-37-21-32(8-9-35(37)40)60-17-14-51-12-15-59-16-13-51;1-5-16-11-26(16,24(32)33)12-21(29)20-9-17(28)13-27(20)23(31)19(25(2,3)4)10-22(30)34-18-7-14-6-15(14)8-18;1-15(2)23-20-5-6-27(25-20)21-14-18(22)17-4-3-16(13-19(17)24-21)29-12-9-26-7-10-28-11-8-26;/h7-11,21,24,28-31,33-34,36,38H,1,12-20,22-23,25-27H2,2-6H3,(H,48,50)(H,57,58);5,14-20,28H,1,6-13H2,2-4H3,(H,32,33);3-6,13-15H,7-12H2,1-2H3,(H,23,25);1H4/t29-,30?,31+,33?,34?,36+,38-,47+;14-,15?,16-,17?,18?,19-,20+,26-;;/m01../s1. The van der Waals surface area contributed by atoms with Gasteiger partial charge in [0.05, 0.1) is 103 Å². The second-order valence-corrected chi connectivity index (χ2v) is 39.3. The van der Waals surface area contributed by atoms with Crippen molar-refractivity contribution in [2.75, 3.05) is 103 Å². The first-order valence-corrected chi connectivity index (χ1v) is 45.1. The van der Waals surface area contributed by atoms with Gasteiger partial charge in [0, 0.05) is 143 Å². The van der Waals surface area contributed by atoms with Crippen molar-refractivity contribution in [1.29, 1.82) is 0 Å². The molecule has 10 aliphatic rings. The van der Waals surface area contributed by atoms with Crippen LogP contribution < -0.4 is 24.8 Å². The van der Waals surface area contributed by atoms with Crippen LogP contribution in [0.3, 0.4) is 0 Å². The number of nitrogens with one attached hydrogen (secondary N) is 2. The quantitative estimate of drug-likeness (QED) is 0.0185. The van der Waals surface area contributed by atoms with Crippen molar-refractivity contribution < 1.29 is 86.8 Å². The number of pyridine rings is 2. The Bertz CT molecular complexity index is 4930. The fourth-order valence-electron chi connectivity index (χ4n) is 19.1. The molecule has 2 aromatic carbocycles. The average molecular weight is 1760 g/mol. The molecular weight excluding hydrogens is 1630 g/mol. The second-order valence-electron chi connectivity index (χ2n) is 38.9. The fraction of sp³-hybridized carbons (Fsp3) is 0.621. The highest BCUT2D eigenvalue weighted by Gasteiger charge is 2.63. The number of ketones is 2. The van der Waals surface area contributed by atoms with Crippen LogP contribution in [0.1, 0.15) is 167 Å². The molecule has 6 aromatic rings. The number of aliphatic hydroxyl groups is 1. The normalized spacial score (nSPS) is 27.0. The summed E-state index contributed by atoms with van der Waals surface area (Å²) in [6, 6.07) is 17.5. The van der Waals surface area contributed by atoms with Gasteiger partial charge in [-0.2, -0.15) is 0 Å². The zero-order valence-electron chi connectivity index (χ0n) is 73.8. The zero-order chi connectivity index (χ0) is 89.1. The number of carbonyl (C=O) groups excluding carboxylic acids is 6. The lowest BCUT2D eigenvalue weighted by atomic mass is 9.77. The number of benzene rings is 2. The minimum Gasteiger partial charge on any atom is -0.492 e. The Hall–Kier alpha value is -9.59. The third kappa shape index (κ3) is 22.7. The molecule has 0 spiro atoms. The van der Waals surface area contributed by atoms with Gasteiger partial charge in [-0.1, -0.05) is 72.7 Å². The van der Waals surface area contributed by atoms with E-state index in [1.54, 1.807) is 27.6 Å². The van der Waals surface area contributed by atoms with Gasteiger partial charge < -0.3 is 68.9 Å². The van der Waals surface area contributed by atoms with Crippen molar-refractivity contribution in [3.8, 4) is 28.9 Å². The lowest BCUT2D eigenvalue weighted by Gasteiger charge is -2.35. The van der Waals surface area contributed by atoms with Gasteiger partial charge in [-0.05, 0) is 150 Å². The number of anilines is 2. The Morgan fingerprint density at radius 1 is 0.563 bits per heavy atom. The van der Waals surface area contributed by atoms with E-state index in [-0.39, 0.29) is 113 Å². The number of fused-ring (bicyclic) bond motifs is 4. The molecule has 2 amide bonds. The third-order valence-electron chi connectivity index (χ3n) is 26.8. The molecule has 16 atom stereocenters. The number of Topliss-reactive ketones (excluding diaryl/α,β-unsaturated/α-hetero) is 2. The number of esters is 2. The average Bonchev–Trinajstić information content (AvgIpc) is 1.57. The van der Waals surface area contributed by atoms with Crippen molar-refractivity contribution in [3.63, 3.8) is 0 Å². The number of hydrogen-bond acceptors (Lipinski definition) is 24. The van der Waals surface area contributed by atoms with Gasteiger partial charge >= 0.3 is 23.9 Å². The molecule has 4 aromatic heterocycles. The van der Waals surface area contributed by atoms with Crippen LogP contribution in [0.2, 0.25) is 5.02 Å². The van der Waals surface area contributed by atoms with Gasteiger partial charge in [0.15, 0.2) is 23.2 Å². The first-order valence-electron chi connectivity index (χ1n) is 44.7. The van der Waals surface area contributed by atoms with Crippen LogP contribution in [0, 0.1) is 69.0 Å². The number of aliphatic hydroxyl groups excluding tert-OH is 1. The summed E-state index contributed by atoms with van der Waals surface area (Å²) in [5.41, 5.74) is -2.26. The summed E-state index contributed by atoms with van der Waals surface area (Å²) in [4.78, 5) is 124. The van der Waals surface area contributed by atoms with Crippen molar-refractivity contribution >= 4 is 92.3 Å². The SMILES string of the molecule is C.C=C[C@@H]1C[C@]1(CC(=O)[C@@H]1CC(O)CN1C(=O)[C@@H](CC(=O)OC1CC2C[C@@H]2C1)C(C)(C)C)C(=O)O.C=C[C@@H]1C[C@]1(CC(=O)[C@@H]1CC(Oc2cc(-n3ccc(NC(C)C)n3)nc3cc(OCCN4CCOCC4)ccc23)CN1C(=O)[C@@H](CC(=O)OC1CC2C[C@H]2C1)C(C)(C)C)C(=O)O.CC(C)Nc1ccn(-c2cc(Cl)c3ccc(OCCN4CCOCC4)cc3n2)n1. The lowest BCUT2D eigenvalue weighted by molar-refractivity contribution is -0.157. The molecule has 126 heavy (non-hydrogen) atoms. The van der Waals surface area contributed by atoms with Crippen LogP contribution in [-0.2, 0) is 57.3 Å². The molecule has 6 unspecified atom stereocenters. The van der Waals surface area contributed by atoms with E-state index in [1.165, 1.54) is 22.6 Å². The van der Waals surface area contributed by atoms with Crippen LogP contribution in [0.15, 0.2) is 98.4 Å². The molecular formula is C95H129ClN12O18. The molecule has 8 heterocycles. The first kappa shape index (κ1) is 94.0. The van der Waals surface area contributed by atoms with Crippen molar-refractivity contribution in [3.05, 3.63) is 103 Å². The summed E-state index contributed by atoms with van der Waals surface area (Å²) in [7, 11) is 0. The maximum absolute atomic E-state index is 14.9. The number of hydrogen-bond donors (Lipinski definition) is 5. The largest absolute Gasteiger partial charge is 0.492 e. The molecule has 6 aliphatic carbocycles. The molecule has 4 saturated heterocycles. The number of likely N-dealkylation sites (tertiary alicyclic amines) is 2. The Morgan fingerprint density at radius 3 is 1.40 bits per heavy atom. The van der Waals surface area contributed by atoms with Crippen LogP contribution in [0.5, 0.6) is 17.2 Å². The van der Waals surface area contributed by atoms with E-state index in [9.17, 15) is 53.7 Å². The summed E-state index contributed by atoms with van der Waals surface area (Å²) >= 11 is 6.51. The first-order chi connectivity index (χ1) is 59.5. The summed E-state index contributed by atoms with van der Waals surface area (Å²) in [5, 5.41) is 48.3. The predicted octanol–water partition coefficient (Wildman–Crippen LogP) is 12.7. The van der Waals surface area contributed by atoms with Crippen molar-refractivity contribution in [2.45, 2.75) is 215 Å². The van der Waals surface area contributed by atoms with Crippen molar-refractivity contribution in [1.82, 2.24) is 49.1 Å². The van der Waals surface area contributed by atoms with Gasteiger partial charge in [0.25, 0.3) is 0 Å². The van der Waals surface area contributed by atoms with Crippen LogP contribution in [-0.4, -0.2) is 252 Å². The number of ether oxygens (including phenoxy) is 7. The molecule has 16 rings (SSSR count). The molecule has 30 nitrogen and oxygen atoms in total. The van der Waals surface area contributed by atoms with E-state index in [1.807, 2.05) is 122 Å². The molecule has 5 N–H and O–H groups in total. The Kier molecular flexibility index (Phi) is 29.5. The molecule has 0 bridgehead atoms. The minimum atomic E-state index is -1.26. The number of carbonyl (C=O) groups is 8. The summed E-state index contributed by atoms with van der Waals surface area (Å²) in [5.74, 6) is 0.721. The third-order valence-corrected chi connectivity index (χ3v) is 27.1. The monoisotopic (exact) mass is 1760 g/mol. The highest BCUT2D eigenvalue weighted by atomic mass is 35.5. The molecule has 4 aliphatic heterocycles. The van der Waals surface area contributed by atoms with E-state index < -0.39 is 81.7 Å². The number of β-amino-alcohol motifs (C(OH)–C–C–N with tert-alkyl or cyclic N) is 1. The number of amides is 2.